The van der Waals surface area contributed by atoms with Crippen LogP contribution in [-0.4, -0.2) is 6.04 Å². The zero-order chi connectivity index (χ0) is 9.10. The van der Waals surface area contributed by atoms with Crippen LogP contribution in [0.3, 0.4) is 0 Å². The van der Waals surface area contributed by atoms with Crippen molar-refractivity contribution in [3.63, 3.8) is 0 Å². The van der Waals surface area contributed by atoms with E-state index >= 15 is 0 Å². The molecule has 1 aromatic carbocycles. The summed E-state index contributed by atoms with van der Waals surface area (Å²) in [7, 11) is 0. The monoisotopic (exact) mass is 175 g/mol. The Labute approximate surface area is 80.0 Å². The van der Waals surface area contributed by atoms with Crippen molar-refractivity contribution in [2.45, 2.75) is 37.6 Å². The molecule has 2 N–H and O–H groups in total. The van der Waals surface area contributed by atoms with Crippen molar-refractivity contribution in [1.82, 2.24) is 0 Å². The van der Waals surface area contributed by atoms with Crippen LogP contribution < -0.4 is 5.73 Å². The van der Waals surface area contributed by atoms with Crippen molar-refractivity contribution in [2.75, 3.05) is 0 Å². The Morgan fingerprint density at radius 3 is 2.54 bits per heavy atom. The van der Waals surface area contributed by atoms with E-state index in [2.05, 4.69) is 30.3 Å². The minimum Gasteiger partial charge on any atom is -0.328 e. The fraction of sp³-hybridized carbons (Fsp3) is 0.500. The van der Waals surface area contributed by atoms with Crippen LogP contribution in [-0.2, 0) is 0 Å². The molecule has 1 aliphatic carbocycles. The van der Waals surface area contributed by atoms with Gasteiger partial charge in [-0.15, -0.1) is 0 Å². The lowest BCUT2D eigenvalue weighted by Crippen LogP contribution is -2.26. The summed E-state index contributed by atoms with van der Waals surface area (Å²) < 4.78 is 0. The van der Waals surface area contributed by atoms with E-state index in [1.54, 1.807) is 0 Å². The molecule has 0 radical (unpaired) electrons. The van der Waals surface area contributed by atoms with Gasteiger partial charge < -0.3 is 5.73 Å². The zero-order valence-electron chi connectivity index (χ0n) is 7.95. The van der Waals surface area contributed by atoms with Gasteiger partial charge in [-0.2, -0.15) is 0 Å². The lowest BCUT2D eigenvalue weighted by Gasteiger charge is -2.26. The summed E-state index contributed by atoms with van der Waals surface area (Å²) in [5.74, 6) is 0.713. The predicted octanol–water partition coefficient (Wildman–Crippen LogP) is 2.67. The van der Waals surface area contributed by atoms with Crippen LogP contribution in [0.5, 0.6) is 0 Å². The molecule has 0 heterocycles. The molecule has 2 atom stereocenters. The van der Waals surface area contributed by atoms with Crippen molar-refractivity contribution in [3.05, 3.63) is 35.9 Å². The van der Waals surface area contributed by atoms with E-state index < -0.39 is 0 Å². The minimum absolute atomic E-state index is 0.430. The summed E-state index contributed by atoms with van der Waals surface area (Å²) in [6, 6.07) is 11.2. The molecule has 1 heteroatoms. The fourth-order valence-corrected chi connectivity index (χ4v) is 2.26. The molecule has 1 saturated carbocycles. The lowest BCUT2D eigenvalue weighted by atomic mass is 9.82. The topological polar surface area (TPSA) is 26.0 Å². The maximum Gasteiger partial charge on any atom is 0.00446 e. The second-order valence-electron chi connectivity index (χ2n) is 4.03. The van der Waals surface area contributed by atoms with Crippen molar-refractivity contribution in [2.24, 2.45) is 5.73 Å². The first kappa shape index (κ1) is 8.76. The molecule has 70 valence electrons. The molecule has 0 unspecified atom stereocenters. The molecule has 1 fully saturated rings. The molecule has 0 amide bonds. The van der Waals surface area contributed by atoms with E-state index in [-0.39, 0.29) is 0 Å². The fourth-order valence-electron chi connectivity index (χ4n) is 2.26. The first-order valence-electron chi connectivity index (χ1n) is 5.17. The van der Waals surface area contributed by atoms with Gasteiger partial charge in [-0.1, -0.05) is 36.8 Å². The Kier molecular flexibility index (Phi) is 2.65. The average molecular weight is 175 g/mol. The molecule has 2 rings (SSSR count). The number of benzene rings is 1. The normalized spacial score (nSPS) is 28.7. The van der Waals surface area contributed by atoms with E-state index in [1.165, 1.54) is 31.2 Å². The molecule has 0 bridgehead atoms. The molecular weight excluding hydrogens is 158 g/mol. The van der Waals surface area contributed by atoms with Crippen molar-refractivity contribution in [1.29, 1.82) is 0 Å². The Bertz CT molecular complexity index is 255. The van der Waals surface area contributed by atoms with Gasteiger partial charge in [0.2, 0.25) is 0 Å². The zero-order valence-corrected chi connectivity index (χ0v) is 7.95. The van der Waals surface area contributed by atoms with Gasteiger partial charge in [0.1, 0.15) is 0 Å². The molecule has 0 spiro atoms. The molecule has 1 nitrogen and oxygen atoms in total. The van der Waals surface area contributed by atoms with E-state index in [4.69, 9.17) is 5.73 Å². The molecule has 1 aliphatic rings. The predicted molar refractivity (Wildman–Crippen MR) is 55.6 cm³/mol. The number of hydrogen-bond donors (Lipinski definition) is 1. The number of nitrogens with two attached hydrogens (primary N) is 1. The van der Waals surface area contributed by atoms with E-state index in [0.29, 0.717) is 12.0 Å². The van der Waals surface area contributed by atoms with Crippen molar-refractivity contribution < 1.29 is 0 Å². The molecule has 13 heavy (non-hydrogen) atoms. The van der Waals surface area contributed by atoms with Crippen molar-refractivity contribution in [3.8, 4) is 0 Å². The highest BCUT2D eigenvalue weighted by molar-refractivity contribution is 5.20. The number of rotatable bonds is 1. The van der Waals surface area contributed by atoms with Gasteiger partial charge in [0.15, 0.2) is 0 Å². The molecule has 0 saturated heterocycles. The van der Waals surface area contributed by atoms with E-state index in [9.17, 15) is 0 Å². The summed E-state index contributed by atoms with van der Waals surface area (Å²) in [5, 5.41) is 0. The summed E-state index contributed by atoms with van der Waals surface area (Å²) in [6.45, 7) is 0. The second-order valence-corrected chi connectivity index (χ2v) is 4.03. The van der Waals surface area contributed by atoms with Crippen LogP contribution in [0, 0.1) is 0 Å². The quantitative estimate of drug-likeness (QED) is 0.697. The Balaban J connectivity index is 2.08. The van der Waals surface area contributed by atoms with Gasteiger partial charge in [0.05, 0.1) is 0 Å². The summed E-state index contributed by atoms with van der Waals surface area (Å²) in [5.41, 5.74) is 7.43. The Morgan fingerprint density at radius 2 is 1.85 bits per heavy atom. The minimum atomic E-state index is 0.430. The third-order valence-corrected chi connectivity index (χ3v) is 2.99. The highest BCUT2D eigenvalue weighted by atomic mass is 14.6. The Morgan fingerprint density at radius 1 is 1.08 bits per heavy atom. The van der Waals surface area contributed by atoms with Gasteiger partial charge in [-0.25, -0.2) is 0 Å². The summed E-state index contributed by atoms with van der Waals surface area (Å²) >= 11 is 0. The molecule has 0 aliphatic heterocycles. The average Bonchev–Trinajstić information content (AvgIpc) is 2.19. The van der Waals surface area contributed by atoms with Gasteiger partial charge in [0.25, 0.3) is 0 Å². The lowest BCUT2D eigenvalue weighted by molar-refractivity contribution is 0.393. The third kappa shape index (κ3) is 2.10. The van der Waals surface area contributed by atoms with Gasteiger partial charge >= 0.3 is 0 Å². The number of hydrogen-bond acceptors (Lipinski definition) is 1. The van der Waals surface area contributed by atoms with Crippen molar-refractivity contribution >= 4 is 0 Å². The maximum atomic E-state index is 5.96. The van der Waals surface area contributed by atoms with Gasteiger partial charge in [-0.05, 0) is 30.7 Å². The van der Waals surface area contributed by atoms with Crippen LogP contribution in [0.15, 0.2) is 30.3 Å². The van der Waals surface area contributed by atoms with Crippen LogP contribution in [0.2, 0.25) is 0 Å². The maximum absolute atomic E-state index is 5.96. The largest absolute Gasteiger partial charge is 0.328 e. The van der Waals surface area contributed by atoms with Crippen LogP contribution in [0.4, 0.5) is 0 Å². The highest BCUT2D eigenvalue weighted by Gasteiger charge is 2.19. The standard InChI is InChI=1S/C12H17N/c13-12-8-4-7-11(9-12)10-5-2-1-3-6-10/h1-3,5-6,11-12H,4,7-9,13H2/t11-,12-/m1/s1. The molecule has 0 aromatic heterocycles. The summed E-state index contributed by atoms with van der Waals surface area (Å²) in [6.07, 6.45) is 4.99. The first-order valence-corrected chi connectivity index (χ1v) is 5.17. The SMILES string of the molecule is N[C@@H]1CCC[C@@H](c2ccccc2)C1. The molecule has 1 aromatic rings. The van der Waals surface area contributed by atoms with Gasteiger partial charge in [0, 0.05) is 6.04 Å². The smallest absolute Gasteiger partial charge is 0.00446 e. The van der Waals surface area contributed by atoms with Gasteiger partial charge in [-0.3, -0.25) is 0 Å². The highest BCUT2D eigenvalue weighted by Crippen LogP contribution is 2.31. The Hall–Kier alpha value is -0.820. The van der Waals surface area contributed by atoms with Crippen LogP contribution >= 0.6 is 0 Å². The van der Waals surface area contributed by atoms with Crippen LogP contribution in [0.25, 0.3) is 0 Å². The second kappa shape index (κ2) is 3.93. The molecular formula is C12H17N. The summed E-state index contributed by atoms with van der Waals surface area (Å²) in [4.78, 5) is 0. The van der Waals surface area contributed by atoms with E-state index in [0.717, 1.165) is 0 Å². The third-order valence-electron chi connectivity index (χ3n) is 2.99. The van der Waals surface area contributed by atoms with Crippen LogP contribution in [0.1, 0.15) is 37.2 Å². The van der Waals surface area contributed by atoms with E-state index in [1.807, 2.05) is 0 Å². The first-order chi connectivity index (χ1) is 6.36.